The number of hydrogen-bond donors (Lipinski definition) is 1. The molecule has 0 saturated heterocycles. The van der Waals surface area contributed by atoms with Crippen LogP contribution in [0.1, 0.15) is 56.6 Å². The van der Waals surface area contributed by atoms with Gasteiger partial charge in [-0.25, -0.2) is 8.42 Å². The predicted molar refractivity (Wildman–Crippen MR) is 140 cm³/mol. The van der Waals surface area contributed by atoms with E-state index >= 15 is 0 Å². The summed E-state index contributed by atoms with van der Waals surface area (Å²) in [5.74, 6) is 0.514. The van der Waals surface area contributed by atoms with Gasteiger partial charge in [0.2, 0.25) is 5.91 Å². The summed E-state index contributed by atoms with van der Waals surface area (Å²) in [5, 5.41) is 3.94. The molecule has 0 unspecified atom stereocenters. The number of sulfone groups is 1. The molecule has 0 aliphatic heterocycles. The quantitative estimate of drug-likeness (QED) is 0.392. The number of nitrogens with zero attached hydrogens (tertiary/aromatic N) is 1. The van der Waals surface area contributed by atoms with Crippen LogP contribution in [0.4, 0.5) is 5.69 Å². The van der Waals surface area contributed by atoms with Gasteiger partial charge in [0.1, 0.15) is 0 Å². The first kappa shape index (κ1) is 27.0. The summed E-state index contributed by atoms with van der Waals surface area (Å²) in [6.07, 6.45) is 8.93. The fourth-order valence-corrected chi connectivity index (χ4v) is 5.82. The van der Waals surface area contributed by atoms with Gasteiger partial charge in [0.25, 0.3) is 0 Å². The Bertz CT molecular complexity index is 1060. The Kier molecular flexibility index (Phi) is 9.84. The standard InChI is InChI=1S/C26H34Cl2N2O3S/c1-3-13-30(17-20-7-5-4-6-8-20)18-23-24(27)15-21(16-25(23)28)29-26(31)14-19-9-11-22(12-10-19)34(2,32)33/h9-12,15-16,20H,3-8,13-14,17-18H2,1-2H3,(H,29,31). The number of benzene rings is 2. The van der Waals surface area contributed by atoms with Gasteiger partial charge in [0, 0.05) is 40.6 Å². The zero-order chi connectivity index (χ0) is 24.7. The summed E-state index contributed by atoms with van der Waals surface area (Å²) in [6, 6.07) is 9.81. The van der Waals surface area contributed by atoms with E-state index in [1.54, 1.807) is 24.3 Å². The molecular formula is C26H34Cl2N2O3S. The number of nitrogens with one attached hydrogen (secondary N) is 1. The van der Waals surface area contributed by atoms with Crippen molar-refractivity contribution in [2.45, 2.75) is 63.3 Å². The normalized spacial score (nSPS) is 15.0. The van der Waals surface area contributed by atoms with Crippen molar-refractivity contribution >= 4 is 44.6 Å². The first-order chi connectivity index (χ1) is 16.2. The van der Waals surface area contributed by atoms with E-state index in [4.69, 9.17) is 23.2 Å². The Hall–Kier alpha value is -1.60. The zero-order valence-corrected chi connectivity index (χ0v) is 22.3. The molecule has 0 bridgehead atoms. The van der Waals surface area contributed by atoms with Crippen LogP contribution < -0.4 is 5.32 Å². The maximum atomic E-state index is 12.5. The molecule has 2 aromatic rings. The predicted octanol–water partition coefficient (Wildman–Crippen LogP) is 6.37. The van der Waals surface area contributed by atoms with E-state index < -0.39 is 9.84 Å². The van der Waals surface area contributed by atoms with Crippen LogP contribution >= 0.6 is 23.2 Å². The molecule has 0 aromatic heterocycles. The molecule has 1 fully saturated rings. The van der Waals surface area contributed by atoms with Crippen LogP contribution in [0.5, 0.6) is 0 Å². The van der Waals surface area contributed by atoms with E-state index in [0.29, 0.717) is 22.3 Å². The van der Waals surface area contributed by atoms with Crippen LogP contribution in [0, 0.1) is 5.92 Å². The average Bonchev–Trinajstić information content (AvgIpc) is 2.77. The highest BCUT2D eigenvalue weighted by atomic mass is 35.5. The summed E-state index contributed by atoms with van der Waals surface area (Å²) in [5.41, 5.74) is 2.16. The summed E-state index contributed by atoms with van der Waals surface area (Å²) in [6.45, 7) is 4.95. The van der Waals surface area contributed by atoms with Crippen molar-refractivity contribution in [1.82, 2.24) is 4.90 Å². The molecule has 2 aromatic carbocycles. The molecule has 1 aliphatic rings. The molecule has 0 heterocycles. The molecule has 1 amide bonds. The van der Waals surface area contributed by atoms with Crippen LogP contribution in [-0.4, -0.2) is 38.6 Å². The summed E-state index contributed by atoms with van der Waals surface area (Å²) in [4.78, 5) is 15.2. The molecule has 1 aliphatic carbocycles. The van der Waals surface area contributed by atoms with Gasteiger partial charge in [0.05, 0.1) is 11.3 Å². The van der Waals surface area contributed by atoms with E-state index in [0.717, 1.165) is 42.8 Å². The van der Waals surface area contributed by atoms with Crippen molar-refractivity contribution in [2.75, 3.05) is 24.7 Å². The minimum atomic E-state index is -3.26. The third kappa shape index (κ3) is 7.98. The highest BCUT2D eigenvalue weighted by Gasteiger charge is 2.19. The van der Waals surface area contributed by atoms with Crippen LogP contribution in [0.3, 0.4) is 0 Å². The Labute approximate surface area is 213 Å². The van der Waals surface area contributed by atoms with Crippen molar-refractivity contribution in [3.8, 4) is 0 Å². The van der Waals surface area contributed by atoms with E-state index in [-0.39, 0.29) is 17.2 Å². The molecular weight excluding hydrogens is 491 g/mol. The fraction of sp³-hybridized carbons (Fsp3) is 0.500. The summed E-state index contributed by atoms with van der Waals surface area (Å²) < 4.78 is 23.2. The molecule has 186 valence electrons. The molecule has 1 saturated carbocycles. The zero-order valence-electron chi connectivity index (χ0n) is 19.9. The van der Waals surface area contributed by atoms with Gasteiger partial charge in [-0.3, -0.25) is 9.69 Å². The largest absolute Gasteiger partial charge is 0.326 e. The Morgan fingerprint density at radius 1 is 1.06 bits per heavy atom. The smallest absolute Gasteiger partial charge is 0.228 e. The number of carbonyl (C=O) groups is 1. The van der Waals surface area contributed by atoms with Crippen LogP contribution in [0.2, 0.25) is 10.0 Å². The lowest BCUT2D eigenvalue weighted by Crippen LogP contribution is -2.31. The summed E-state index contributed by atoms with van der Waals surface area (Å²) in [7, 11) is -3.26. The highest BCUT2D eigenvalue weighted by Crippen LogP contribution is 2.32. The number of anilines is 1. The van der Waals surface area contributed by atoms with Gasteiger partial charge in [-0.05, 0) is 61.6 Å². The lowest BCUT2D eigenvalue weighted by molar-refractivity contribution is -0.115. The molecule has 0 atom stereocenters. The minimum Gasteiger partial charge on any atom is -0.326 e. The number of amides is 1. The fourth-order valence-electron chi connectivity index (χ4n) is 4.58. The van der Waals surface area contributed by atoms with Crippen molar-refractivity contribution in [3.63, 3.8) is 0 Å². The van der Waals surface area contributed by atoms with Gasteiger partial charge in [0.15, 0.2) is 9.84 Å². The SMILES string of the molecule is CCCN(Cc1c(Cl)cc(NC(=O)Cc2ccc(S(C)(=O)=O)cc2)cc1Cl)CC1CCCCC1. The van der Waals surface area contributed by atoms with Crippen molar-refractivity contribution in [2.24, 2.45) is 5.92 Å². The van der Waals surface area contributed by atoms with Crippen molar-refractivity contribution in [3.05, 3.63) is 57.6 Å². The van der Waals surface area contributed by atoms with E-state index in [9.17, 15) is 13.2 Å². The number of carbonyl (C=O) groups excluding carboxylic acids is 1. The van der Waals surface area contributed by atoms with Crippen LogP contribution in [-0.2, 0) is 27.6 Å². The summed E-state index contributed by atoms with van der Waals surface area (Å²) >= 11 is 13.2. The third-order valence-corrected chi connectivity index (χ3v) is 8.11. The topological polar surface area (TPSA) is 66.5 Å². The second-order valence-corrected chi connectivity index (χ2v) is 12.1. The lowest BCUT2D eigenvalue weighted by Gasteiger charge is -2.30. The van der Waals surface area contributed by atoms with Gasteiger partial charge in [-0.2, -0.15) is 0 Å². The first-order valence-electron chi connectivity index (χ1n) is 11.9. The van der Waals surface area contributed by atoms with Gasteiger partial charge >= 0.3 is 0 Å². The van der Waals surface area contributed by atoms with E-state index in [1.165, 1.54) is 44.2 Å². The Morgan fingerprint density at radius 3 is 2.24 bits per heavy atom. The van der Waals surface area contributed by atoms with E-state index in [2.05, 4.69) is 17.1 Å². The molecule has 3 rings (SSSR count). The molecule has 0 radical (unpaired) electrons. The minimum absolute atomic E-state index is 0.118. The molecule has 1 N–H and O–H groups in total. The Morgan fingerprint density at radius 2 is 1.68 bits per heavy atom. The van der Waals surface area contributed by atoms with Crippen LogP contribution in [0.15, 0.2) is 41.3 Å². The lowest BCUT2D eigenvalue weighted by atomic mass is 9.89. The van der Waals surface area contributed by atoms with Crippen molar-refractivity contribution < 1.29 is 13.2 Å². The maximum absolute atomic E-state index is 12.5. The molecule has 34 heavy (non-hydrogen) atoms. The van der Waals surface area contributed by atoms with Crippen LogP contribution in [0.25, 0.3) is 0 Å². The molecule has 8 heteroatoms. The van der Waals surface area contributed by atoms with Gasteiger partial charge < -0.3 is 5.32 Å². The molecule has 0 spiro atoms. The van der Waals surface area contributed by atoms with Gasteiger partial charge in [-0.1, -0.05) is 61.5 Å². The number of halogens is 2. The highest BCUT2D eigenvalue weighted by molar-refractivity contribution is 7.90. The Balaban J connectivity index is 1.63. The van der Waals surface area contributed by atoms with Crippen molar-refractivity contribution in [1.29, 1.82) is 0 Å². The monoisotopic (exact) mass is 524 g/mol. The average molecular weight is 526 g/mol. The van der Waals surface area contributed by atoms with Gasteiger partial charge in [-0.15, -0.1) is 0 Å². The van der Waals surface area contributed by atoms with E-state index in [1.807, 2.05) is 0 Å². The number of rotatable bonds is 10. The maximum Gasteiger partial charge on any atom is 0.228 e. The first-order valence-corrected chi connectivity index (χ1v) is 14.6. The second kappa shape index (κ2) is 12.4. The number of hydrogen-bond acceptors (Lipinski definition) is 4. The second-order valence-electron chi connectivity index (χ2n) is 9.30. The third-order valence-electron chi connectivity index (χ3n) is 6.30. The molecule has 5 nitrogen and oxygen atoms in total.